The van der Waals surface area contributed by atoms with Crippen molar-refractivity contribution in [3.63, 3.8) is 0 Å². The number of hydrogen-bond donors (Lipinski definition) is 0. The van der Waals surface area contributed by atoms with Gasteiger partial charge in [0.2, 0.25) is 0 Å². The Hall–Kier alpha value is -6.93. The Balaban J connectivity index is 1.15. The quantitative estimate of drug-likeness (QED) is 0.130. The molecule has 0 spiro atoms. The van der Waals surface area contributed by atoms with E-state index >= 15 is 4.57 Å². The highest BCUT2D eigenvalue weighted by molar-refractivity contribution is 7.85. The summed E-state index contributed by atoms with van der Waals surface area (Å²) in [6.45, 7) is 0. The molecule has 264 valence electrons. The largest absolute Gasteiger partial charge is 0.449 e. The fourth-order valence-corrected chi connectivity index (χ4v) is 11.3. The summed E-state index contributed by atoms with van der Waals surface area (Å²) in [5.41, 5.74) is 4.32. The third-order valence-electron chi connectivity index (χ3n) is 11.1. The Morgan fingerprint density at radius 2 is 0.804 bits per heavy atom. The van der Waals surface area contributed by atoms with Gasteiger partial charge in [0.05, 0.1) is 0 Å². The van der Waals surface area contributed by atoms with E-state index in [1.807, 2.05) is 78.9 Å². The molecule has 0 saturated carbocycles. The third kappa shape index (κ3) is 5.02. The van der Waals surface area contributed by atoms with Gasteiger partial charge in [0.15, 0.2) is 30.1 Å². The minimum atomic E-state index is -3.20. The van der Waals surface area contributed by atoms with Crippen molar-refractivity contribution >= 4 is 66.1 Å². The van der Waals surface area contributed by atoms with Crippen molar-refractivity contribution in [2.75, 3.05) is 0 Å². The molecule has 0 amide bonds. The van der Waals surface area contributed by atoms with Crippen molar-refractivity contribution < 1.29 is 14.0 Å². The molecule has 4 heteroatoms. The highest BCUT2D eigenvalue weighted by Crippen LogP contribution is 2.54. The van der Waals surface area contributed by atoms with Crippen LogP contribution in [0.4, 0.5) is 0 Å². The molecule has 3 nitrogen and oxygen atoms in total. The molecule has 56 heavy (non-hydrogen) atoms. The van der Waals surface area contributed by atoms with E-state index in [2.05, 4.69) is 121 Å². The molecule has 0 bridgehead atoms. The van der Waals surface area contributed by atoms with Gasteiger partial charge in [-0.25, -0.2) is 0 Å². The molecular weight excluding hydrogens is 704 g/mol. The van der Waals surface area contributed by atoms with Gasteiger partial charge < -0.3 is 14.0 Å². The lowest BCUT2D eigenvalue weighted by Crippen LogP contribution is -2.25. The molecule has 0 aromatic heterocycles. The van der Waals surface area contributed by atoms with E-state index in [1.54, 1.807) is 0 Å². The van der Waals surface area contributed by atoms with Crippen LogP contribution in [0.25, 0.3) is 65.3 Å². The fourth-order valence-electron chi connectivity index (χ4n) is 8.61. The molecule has 0 unspecified atom stereocenters. The van der Waals surface area contributed by atoms with Crippen LogP contribution in [0.15, 0.2) is 200 Å². The van der Waals surface area contributed by atoms with E-state index < -0.39 is 7.14 Å². The summed E-state index contributed by atoms with van der Waals surface area (Å²) in [6, 6.07) is 68.4. The molecule has 0 N–H and O–H groups in total. The van der Waals surface area contributed by atoms with E-state index in [4.69, 9.17) is 9.47 Å². The Morgan fingerprint density at radius 1 is 0.339 bits per heavy atom. The summed E-state index contributed by atoms with van der Waals surface area (Å²) in [6.07, 6.45) is 0. The van der Waals surface area contributed by atoms with Gasteiger partial charge in [-0.1, -0.05) is 176 Å². The number of hydrogen-bond acceptors (Lipinski definition) is 3. The van der Waals surface area contributed by atoms with Crippen LogP contribution in [-0.4, -0.2) is 0 Å². The summed E-state index contributed by atoms with van der Waals surface area (Å²) in [5, 5.41) is 11.2. The van der Waals surface area contributed by atoms with Gasteiger partial charge in [-0.2, -0.15) is 0 Å². The van der Waals surface area contributed by atoms with Crippen LogP contribution >= 0.6 is 7.14 Å². The van der Waals surface area contributed by atoms with Gasteiger partial charge in [0, 0.05) is 21.3 Å². The maximum Gasteiger partial charge on any atom is 0.177 e. The molecule has 1 aliphatic heterocycles. The maximum atomic E-state index is 15.5. The first-order chi connectivity index (χ1) is 27.6. The Kier molecular flexibility index (Phi) is 7.45. The van der Waals surface area contributed by atoms with Crippen LogP contribution in [0.1, 0.15) is 0 Å². The molecule has 0 fully saturated rings. The normalized spacial score (nSPS) is 12.3. The molecule has 1 aliphatic rings. The third-order valence-corrected chi connectivity index (χ3v) is 14.2. The highest BCUT2D eigenvalue weighted by Gasteiger charge is 2.31. The molecule has 10 aromatic carbocycles. The monoisotopic (exact) mass is 736 g/mol. The van der Waals surface area contributed by atoms with Crippen molar-refractivity contribution in [3.05, 3.63) is 200 Å². The van der Waals surface area contributed by atoms with Crippen LogP contribution in [0.2, 0.25) is 0 Å². The topological polar surface area (TPSA) is 35.5 Å². The smallest absolute Gasteiger partial charge is 0.177 e. The summed E-state index contributed by atoms with van der Waals surface area (Å²) in [7, 11) is -3.20. The average Bonchev–Trinajstić information content (AvgIpc) is 3.27. The second kappa shape index (κ2) is 12.8. The SMILES string of the molecule is O=P(c1ccccc1)(c1ccccc1)c1cccc(-c2c3ccccc3c(-c3cc4c(c5ccccc35)Oc3cc5ccccc5cc3O4)c3ccccc23)c1. The molecular formula is C52H33O3P. The molecule has 10 aromatic rings. The first kappa shape index (κ1) is 32.5. The van der Waals surface area contributed by atoms with Crippen LogP contribution < -0.4 is 25.4 Å². The summed E-state index contributed by atoms with van der Waals surface area (Å²) >= 11 is 0. The summed E-state index contributed by atoms with van der Waals surface area (Å²) in [5.74, 6) is 2.81. The minimum absolute atomic E-state index is 0.684. The lowest BCUT2D eigenvalue weighted by Gasteiger charge is -2.25. The zero-order valence-corrected chi connectivity index (χ0v) is 31.1. The number of fused-ring (bicyclic) bond motifs is 7. The molecule has 11 rings (SSSR count). The van der Waals surface area contributed by atoms with Crippen LogP contribution in [0, 0.1) is 0 Å². The first-order valence-electron chi connectivity index (χ1n) is 18.9. The van der Waals surface area contributed by atoms with Crippen molar-refractivity contribution in [3.8, 4) is 45.3 Å². The fraction of sp³-hybridized carbons (Fsp3) is 0. The van der Waals surface area contributed by atoms with E-state index in [1.165, 1.54) is 0 Å². The minimum Gasteiger partial charge on any atom is -0.449 e. The van der Waals surface area contributed by atoms with Crippen LogP contribution in [0.5, 0.6) is 23.0 Å². The van der Waals surface area contributed by atoms with Gasteiger partial charge in [-0.05, 0) is 84.2 Å². The van der Waals surface area contributed by atoms with Gasteiger partial charge in [0.1, 0.15) is 0 Å². The average molecular weight is 737 g/mol. The lowest BCUT2D eigenvalue weighted by molar-refractivity contribution is 0.364. The van der Waals surface area contributed by atoms with Crippen molar-refractivity contribution in [2.45, 2.75) is 0 Å². The number of benzene rings is 10. The van der Waals surface area contributed by atoms with Gasteiger partial charge in [0.25, 0.3) is 0 Å². The number of rotatable bonds is 5. The molecule has 0 saturated heterocycles. The van der Waals surface area contributed by atoms with Crippen LogP contribution in [-0.2, 0) is 4.57 Å². The van der Waals surface area contributed by atoms with Crippen molar-refractivity contribution in [1.29, 1.82) is 0 Å². The van der Waals surface area contributed by atoms with Crippen LogP contribution in [0.3, 0.4) is 0 Å². The predicted octanol–water partition coefficient (Wildman–Crippen LogP) is 13.2. The van der Waals surface area contributed by atoms with Crippen molar-refractivity contribution in [1.82, 2.24) is 0 Å². The molecule has 0 radical (unpaired) electrons. The highest BCUT2D eigenvalue weighted by atomic mass is 31.2. The Morgan fingerprint density at radius 3 is 1.39 bits per heavy atom. The predicted molar refractivity (Wildman–Crippen MR) is 233 cm³/mol. The maximum absolute atomic E-state index is 15.5. The zero-order chi connectivity index (χ0) is 37.2. The molecule has 0 atom stereocenters. The van der Waals surface area contributed by atoms with Crippen molar-refractivity contribution in [2.24, 2.45) is 0 Å². The second-order valence-electron chi connectivity index (χ2n) is 14.3. The van der Waals surface area contributed by atoms with E-state index in [9.17, 15) is 0 Å². The van der Waals surface area contributed by atoms with Gasteiger partial charge in [-0.3, -0.25) is 0 Å². The summed E-state index contributed by atoms with van der Waals surface area (Å²) in [4.78, 5) is 0. The standard InChI is InChI=1S/C52H33O3P/c53-56(37-19-3-1-4-20-37,38-21-5-2-6-22-38)39-23-15-18-36(30-39)50-41-25-10-12-27-43(41)51(44-28-13-11-26-42(44)50)46-33-49-52(45-29-14-9-24-40(45)46)55-48-32-35-17-8-7-16-34(35)31-47(48)54-49/h1-33H. The lowest BCUT2D eigenvalue weighted by atomic mass is 9.84. The van der Waals surface area contributed by atoms with E-state index in [0.717, 1.165) is 87.0 Å². The second-order valence-corrected chi connectivity index (χ2v) is 17.1. The van der Waals surface area contributed by atoms with Gasteiger partial charge in [-0.15, -0.1) is 0 Å². The van der Waals surface area contributed by atoms with E-state index in [0.29, 0.717) is 17.2 Å². The Labute approximate surface area is 324 Å². The zero-order valence-electron chi connectivity index (χ0n) is 30.2. The number of ether oxygens (including phenoxy) is 2. The molecule has 1 heterocycles. The first-order valence-corrected chi connectivity index (χ1v) is 20.6. The summed E-state index contributed by atoms with van der Waals surface area (Å²) < 4.78 is 29.0. The Bertz CT molecular complexity index is 3130. The van der Waals surface area contributed by atoms with E-state index in [-0.39, 0.29) is 0 Å². The molecule has 0 aliphatic carbocycles. The van der Waals surface area contributed by atoms with Gasteiger partial charge >= 0.3 is 0 Å².